The number of carbonyl (C=O) groups excluding carboxylic acids is 1. The lowest BCUT2D eigenvalue weighted by Crippen LogP contribution is -2.23. The van der Waals surface area contributed by atoms with E-state index in [-0.39, 0.29) is 27.7 Å². The number of nitrogens with one attached hydrogen (secondary N) is 2. The molecule has 0 fully saturated rings. The molecule has 1 amide bonds. The minimum Gasteiger partial charge on any atom is -0.396 e. The Balaban J connectivity index is 2.88. The molecular weight excluding hydrogens is 305 g/mol. The first-order valence-electron chi connectivity index (χ1n) is 5.82. The summed E-state index contributed by atoms with van der Waals surface area (Å²) in [7, 11) is 0. The summed E-state index contributed by atoms with van der Waals surface area (Å²) in [5, 5.41) is 14.1. The molecule has 0 aliphatic rings. The predicted molar refractivity (Wildman–Crippen MR) is 75.1 cm³/mol. The number of anilines is 2. The van der Waals surface area contributed by atoms with E-state index < -0.39 is 25.0 Å². The highest BCUT2D eigenvalue weighted by Crippen LogP contribution is 2.35. The fraction of sp³-hybridized carbons (Fsp3) is 0.333. The van der Waals surface area contributed by atoms with Gasteiger partial charge in [0.15, 0.2) is 0 Å². The lowest BCUT2D eigenvalue weighted by atomic mass is 10.2. The van der Waals surface area contributed by atoms with Crippen LogP contribution < -0.4 is 16.4 Å². The van der Waals surface area contributed by atoms with Gasteiger partial charge in [-0.2, -0.15) is 18.4 Å². The lowest BCUT2D eigenvalue weighted by Gasteiger charge is -2.07. The van der Waals surface area contributed by atoms with Crippen LogP contribution in [0.4, 0.5) is 23.9 Å². The number of thiophene rings is 1. The Morgan fingerprint density at radius 1 is 1.52 bits per heavy atom. The van der Waals surface area contributed by atoms with E-state index in [1.54, 1.807) is 6.07 Å². The van der Waals surface area contributed by atoms with Crippen molar-refractivity contribution in [3.8, 4) is 6.07 Å². The summed E-state index contributed by atoms with van der Waals surface area (Å²) in [6.45, 7) is 3.26. The van der Waals surface area contributed by atoms with Crippen LogP contribution in [0, 0.1) is 11.3 Å². The van der Waals surface area contributed by atoms with Crippen LogP contribution in [0.3, 0.4) is 0 Å². The van der Waals surface area contributed by atoms with E-state index in [0.29, 0.717) is 0 Å². The van der Waals surface area contributed by atoms with Gasteiger partial charge < -0.3 is 16.4 Å². The van der Waals surface area contributed by atoms with Crippen LogP contribution in [0.1, 0.15) is 21.7 Å². The molecule has 1 rings (SSSR count). The second kappa shape index (κ2) is 6.99. The molecule has 1 aromatic heterocycles. The van der Waals surface area contributed by atoms with Gasteiger partial charge in [-0.15, -0.1) is 17.9 Å². The Bertz CT molecular complexity index is 574. The van der Waals surface area contributed by atoms with Crippen molar-refractivity contribution in [1.29, 1.82) is 5.26 Å². The van der Waals surface area contributed by atoms with Gasteiger partial charge in [0.2, 0.25) is 0 Å². The molecule has 0 radical (unpaired) electrons. The van der Waals surface area contributed by atoms with Gasteiger partial charge in [-0.3, -0.25) is 4.79 Å². The van der Waals surface area contributed by atoms with Gasteiger partial charge in [0.1, 0.15) is 21.5 Å². The van der Waals surface area contributed by atoms with Crippen molar-refractivity contribution in [2.75, 3.05) is 24.1 Å². The van der Waals surface area contributed by atoms with Crippen molar-refractivity contribution in [2.45, 2.75) is 12.6 Å². The Morgan fingerprint density at radius 3 is 2.71 bits per heavy atom. The average molecular weight is 318 g/mol. The maximum atomic E-state index is 12.1. The van der Waals surface area contributed by atoms with E-state index in [4.69, 9.17) is 11.0 Å². The minimum absolute atomic E-state index is 0.0223. The zero-order chi connectivity index (χ0) is 16.0. The van der Waals surface area contributed by atoms with Crippen molar-refractivity contribution >= 4 is 27.9 Å². The molecule has 21 heavy (non-hydrogen) atoms. The minimum atomic E-state index is -4.30. The first-order chi connectivity index (χ1) is 9.80. The molecule has 0 atom stereocenters. The molecule has 5 nitrogen and oxygen atoms in total. The highest BCUT2D eigenvalue weighted by Gasteiger charge is 2.27. The van der Waals surface area contributed by atoms with Crippen molar-refractivity contribution < 1.29 is 18.0 Å². The fourth-order valence-corrected chi connectivity index (χ4v) is 2.42. The zero-order valence-electron chi connectivity index (χ0n) is 10.9. The SMILES string of the molecule is C=CCNC(=O)c1sc(NCCC(F)(F)F)c(C#N)c1N. The first kappa shape index (κ1) is 16.8. The van der Waals surface area contributed by atoms with Crippen molar-refractivity contribution in [2.24, 2.45) is 0 Å². The molecule has 0 saturated carbocycles. The number of nitrogens with zero attached hydrogens (tertiary/aromatic N) is 1. The molecule has 1 heterocycles. The lowest BCUT2D eigenvalue weighted by molar-refractivity contribution is -0.131. The second-order valence-electron chi connectivity index (χ2n) is 3.95. The molecule has 4 N–H and O–H groups in total. The molecule has 0 spiro atoms. The van der Waals surface area contributed by atoms with E-state index in [9.17, 15) is 18.0 Å². The topological polar surface area (TPSA) is 90.9 Å². The normalized spacial score (nSPS) is 10.8. The monoisotopic (exact) mass is 318 g/mol. The number of nitriles is 1. The van der Waals surface area contributed by atoms with Crippen LogP contribution in [0.2, 0.25) is 0 Å². The van der Waals surface area contributed by atoms with Gasteiger partial charge in [0.25, 0.3) is 5.91 Å². The number of rotatable bonds is 6. The summed E-state index contributed by atoms with van der Waals surface area (Å²) in [4.78, 5) is 11.9. The van der Waals surface area contributed by atoms with Crippen molar-refractivity contribution in [3.05, 3.63) is 23.1 Å². The molecule has 0 bridgehead atoms. The third kappa shape index (κ3) is 4.68. The number of halogens is 3. The van der Waals surface area contributed by atoms with E-state index in [1.807, 2.05) is 0 Å². The molecule has 9 heteroatoms. The summed E-state index contributed by atoms with van der Waals surface area (Å²) in [5.74, 6) is -0.502. The molecule has 0 saturated heterocycles. The molecule has 1 aromatic rings. The van der Waals surface area contributed by atoms with Crippen molar-refractivity contribution in [3.63, 3.8) is 0 Å². The highest BCUT2D eigenvalue weighted by atomic mass is 32.1. The quantitative estimate of drug-likeness (QED) is 0.703. The summed E-state index contributed by atoms with van der Waals surface area (Å²) in [5.41, 5.74) is 5.62. The first-order valence-corrected chi connectivity index (χ1v) is 6.64. The van der Waals surface area contributed by atoms with Crippen LogP contribution in [0.15, 0.2) is 12.7 Å². The number of nitrogens with two attached hydrogens (primary N) is 1. The maximum Gasteiger partial charge on any atom is 0.390 e. The van der Waals surface area contributed by atoms with E-state index >= 15 is 0 Å². The van der Waals surface area contributed by atoms with Gasteiger partial charge in [-0.25, -0.2) is 0 Å². The Kier molecular flexibility index (Phi) is 5.60. The molecule has 0 aliphatic carbocycles. The number of nitrogen functional groups attached to an aromatic ring is 1. The molecule has 114 valence electrons. The van der Waals surface area contributed by atoms with Crippen LogP contribution in [-0.2, 0) is 0 Å². The van der Waals surface area contributed by atoms with Crippen LogP contribution in [0.5, 0.6) is 0 Å². The summed E-state index contributed by atoms with van der Waals surface area (Å²) < 4.78 is 36.3. The highest BCUT2D eigenvalue weighted by molar-refractivity contribution is 7.18. The van der Waals surface area contributed by atoms with E-state index in [0.717, 1.165) is 11.3 Å². The third-order valence-corrected chi connectivity index (χ3v) is 3.53. The molecular formula is C12H13F3N4OS. The summed E-state index contributed by atoms with van der Waals surface area (Å²) in [6, 6.07) is 1.78. The molecule has 0 aromatic carbocycles. The van der Waals surface area contributed by atoms with Crippen LogP contribution >= 0.6 is 11.3 Å². The van der Waals surface area contributed by atoms with Crippen molar-refractivity contribution in [1.82, 2.24) is 5.32 Å². The summed E-state index contributed by atoms with van der Waals surface area (Å²) >= 11 is 0.848. The van der Waals surface area contributed by atoms with Crippen LogP contribution in [0.25, 0.3) is 0 Å². The predicted octanol–water partition coefficient (Wildman–Crippen LogP) is 2.48. The van der Waals surface area contributed by atoms with E-state index in [1.165, 1.54) is 6.08 Å². The number of alkyl halides is 3. The zero-order valence-corrected chi connectivity index (χ0v) is 11.7. The fourth-order valence-electron chi connectivity index (χ4n) is 1.41. The Hall–Kier alpha value is -2.21. The van der Waals surface area contributed by atoms with E-state index in [2.05, 4.69) is 17.2 Å². The Labute approximate surface area is 123 Å². The maximum absolute atomic E-state index is 12.1. The number of amides is 1. The Morgan fingerprint density at radius 2 is 2.19 bits per heavy atom. The third-order valence-electron chi connectivity index (χ3n) is 2.36. The standard InChI is InChI=1S/C12H13F3N4OS/c1-2-4-18-10(20)9-8(17)7(6-16)11(21-9)19-5-3-12(13,14)15/h2,19H,1,3-5,17H2,(H,18,20). The molecule has 0 aliphatic heterocycles. The molecule has 0 unspecified atom stereocenters. The summed E-state index contributed by atoms with van der Waals surface area (Å²) in [6.07, 6.45) is -3.88. The van der Waals surface area contributed by atoms with Gasteiger partial charge in [0.05, 0.1) is 12.1 Å². The number of hydrogen-bond acceptors (Lipinski definition) is 5. The van der Waals surface area contributed by atoms with Gasteiger partial charge in [0, 0.05) is 13.1 Å². The van der Waals surface area contributed by atoms with Crippen LogP contribution in [-0.4, -0.2) is 25.2 Å². The van der Waals surface area contributed by atoms with Gasteiger partial charge in [-0.05, 0) is 0 Å². The smallest absolute Gasteiger partial charge is 0.390 e. The second-order valence-corrected chi connectivity index (χ2v) is 4.97. The number of hydrogen-bond donors (Lipinski definition) is 3. The van der Waals surface area contributed by atoms with Gasteiger partial charge >= 0.3 is 6.18 Å². The van der Waals surface area contributed by atoms with Gasteiger partial charge in [-0.1, -0.05) is 6.08 Å². The average Bonchev–Trinajstić information content (AvgIpc) is 2.71. The largest absolute Gasteiger partial charge is 0.396 e. The number of carbonyl (C=O) groups is 1.